The summed E-state index contributed by atoms with van der Waals surface area (Å²) in [5.74, 6) is -3.59. The van der Waals surface area contributed by atoms with Crippen LogP contribution in [0.1, 0.15) is 17.3 Å². The lowest BCUT2D eigenvalue weighted by Gasteiger charge is -2.06. The summed E-state index contributed by atoms with van der Waals surface area (Å²) in [5.41, 5.74) is -0.749. The minimum atomic E-state index is -1.22. The Morgan fingerprint density at radius 3 is 2.38 bits per heavy atom. The zero-order valence-corrected chi connectivity index (χ0v) is 8.54. The fourth-order valence-electron chi connectivity index (χ4n) is 1.07. The van der Waals surface area contributed by atoms with E-state index in [9.17, 15) is 18.4 Å². The fourth-order valence-corrected chi connectivity index (χ4v) is 1.07. The summed E-state index contributed by atoms with van der Waals surface area (Å²) in [6.45, 7) is 1.00. The Labute approximate surface area is 89.8 Å². The van der Waals surface area contributed by atoms with Crippen LogP contribution in [0, 0.1) is 11.6 Å². The van der Waals surface area contributed by atoms with E-state index >= 15 is 0 Å². The summed E-state index contributed by atoms with van der Waals surface area (Å²) in [6, 6.07) is 1.73. The largest absolute Gasteiger partial charge is 0.513 e. The number of carbonyl (C=O) groups is 2. The van der Waals surface area contributed by atoms with Crippen molar-refractivity contribution >= 4 is 11.9 Å². The van der Waals surface area contributed by atoms with Crippen molar-refractivity contribution in [3.8, 4) is 5.75 Å². The van der Waals surface area contributed by atoms with Crippen molar-refractivity contribution in [1.29, 1.82) is 0 Å². The molecule has 0 aliphatic carbocycles. The van der Waals surface area contributed by atoms with Gasteiger partial charge >= 0.3 is 6.16 Å². The van der Waals surface area contributed by atoms with Crippen LogP contribution in [0.15, 0.2) is 12.1 Å². The van der Waals surface area contributed by atoms with Gasteiger partial charge in [0.2, 0.25) is 0 Å². The summed E-state index contributed by atoms with van der Waals surface area (Å²) in [7, 11) is 1.04. The molecule has 4 nitrogen and oxygen atoms in total. The molecule has 0 fully saturated rings. The van der Waals surface area contributed by atoms with Gasteiger partial charge in [0.1, 0.15) is 5.82 Å². The maximum absolute atomic E-state index is 13.5. The molecule has 0 bridgehead atoms. The van der Waals surface area contributed by atoms with Gasteiger partial charge in [0.15, 0.2) is 17.3 Å². The zero-order chi connectivity index (χ0) is 12.3. The Morgan fingerprint density at radius 1 is 1.25 bits per heavy atom. The predicted molar refractivity (Wildman–Crippen MR) is 49.4 cm³/mol. The van der Waals surface area contributed by atoms with Gasteiger partial charge in [0.25, 0.3) is 0 Å². The first kappa shape index (κ1) is 12.1. The van der Waals surface area contributed by atoms with Crippen molar-refractivity contribution < 1.29 is 27.8 Å². The molecule has 0 N–H and O–H groups in total. The number of halogens is 2. The number of benzene rings is 1. The number of ether oxygens (including phenoxy) is 2. The molecular weight excluding hydrogens is 222 g/mol. The number of hydrogen-bond donors (Lipinski definition) is 0. The predicted octanol–water partition coefficient (Wildman–Crippen LogP) is 2.31. The van der Waals surface area contributed by atoms with Gasteiger partial charge in [-0.25, -0.2) is 13.6 Å². The highest BCUT2D eigenvalue weighted by molar-refractivity contribution is 5.95. The lowest BCUT2D eigenvalue weighted by atomic mass is 10.1. The number of hydrogen-bond acceptors (Lipinski definition) is 4. The molecule has 1 rings (SSSR count). The second-order valence-corrected chi connectivity index (χ2v) is 2.85. The molecule has 0 unspecified atom stereocenters. The molecule has 0 heterocycles. The van der Waals surface area contributed by atoms with Gasteiger partial charge in [0.05, 0.1) is 12.7 Å². The van der Waals surface area contributed by atoms with Crippen LogP contribution in [-0.2, 0) is 4.74 Å². The van der Waals surface area contributed by atoms with E-state index in [0.717, 1.165) is 26.2 Å². The van der Waals surface area contributed by atoms with Gasteiger partial charge in [-0.3, -0.25) is 4.79 Å². The fraction of sp³-hybridized carbons (Fsp3) is 0.200. The van der Waals surface area contributed by atoms with Crippen LogP contribution in [0.4, 0.5) is 13.6 Å². The summed E-state index contributed by atoms with van der Waals surface area (Å²) in [5, 5.41) is 0. The Morgan fingerprint density at radius 2 is 1.88 bits per heavy atom. The first-order valence-electron chi connectivity index (χ1n) is 4.22. The molecule has 0 aliphatic heterocycles. The standard InChI is InChI=1S/C10H8F2O4/c1-5(13)8-6(11)3-4-7(9(8)12)16-10(14)15-2/h3-4H,1-2H3. The number of rotatable bonds is 2. The Hall–Kier alpha value is -1.98. The van der Waals surface area contributed by atoms with Crippen LogP contribution in [0.25, 0.3) is 0 Å². The van der Waals surface area contributed by atoms with Gasteiger partial charge in [-0.15, -0.1) is 0 Å². The number of carbonyl (C=O) groups excluding carboxylic acids is 2. The lowest BCUT2D eigenvalue weighted by molar-refractivity contribution is 0.0999. The van der Waals surface area contributed by atoms with Crippen LogP contribution in [-0.4, -0.2) is 19.0 Å². The molecule has 0 amide bonds. The summed E-state index contributed by atoms with van der Waals surface area (Å²) < 4.78 is 35.1. The normalized spacial score (nSPS) is 9.75. The average molecular weight is 230 g/mol. The van der Waals surface area contributed by atoms with Crippen molar-refractivity contribution in [1.82, 2.24) is 0 Å². The van der Waals surface area contributed by atoms with Crippen molar-refractivity contribution in [2.45, 2.75) is 6.92 Å². The molecule has 0 atom stereocenters. The van der Waals surface area contributed by atoms with E-state index < -0.39 is 34.9 Å². The van der Waals surface area contributed by atoms with Crippen LogP contribution in [0.2, 0.25) is 0 Å². The molecule has 1 aromatic rings. The van der Waals surface area contributed by atoms with E-state index in [-0.39, 0.29) is 0 Å². The van der Waals surface area contributed by atoms with Crippen molar-refractivity contribution in [3.05, 3.63) is 29.3 Å². The molecule has 6 heteroatoms. The maximum Gasteiger partial charge on any atom is 0.513 e. The highest BCUT2D eigenvalue weighted by Gasteiger charge is 2.20. The Kier molecular flexibility index (Phi) is 3.55. The maximum atomic E-state index is 13.5. The first-order valence-corrected chi connectivity index (χ1v) is 4.22. The van der Waals surface area contributed by atoms with Gasteiger partial charge in [0, 0.05) is 0 Å². The zero-order valence-electron chi connectivity index (χ0n) is 8.54. The molecule has 0 aliphatic rings. The number of ketones is 1. The van der Waals surface area contributed by atoms with E-state index in [2.05, 4.69) is 9.47 Å². The highest BCUT2D eigenvalue weighted by atomic mass is 19.1. The first-order chi connectivity index (χ1) is 7.47. The third-order valence-electron chi connectivity index (χ3n) is 1.77. The third-order valence-corrected chi connectivity index (χ3v) is 1.77. The minimum Gasteiger partial charge on any atom is -0.437 e. The van der Waals surface area contributed by atoms with E-state index in [1.54, 1.807) is 0 Å². The van der Waals surface area contributed by atoms with Crippen LogP contribution >= 0.6 is 0 Å². The van der Waals surface area contributed by atoms with Crippen LogP contribution in [0.3, 0.4) is 0 Å². The van der Waals surface area contributed by atoms with Gasteiger partial charge in [-0.05, 0) is 19.1 Å². The molecule has 16 heavy (non-hydrogen) atoms. The minimum absolute atomic E-state index is 0.557. The molecule has 0 spiro atoms. The van der Waals surface area contributed by atoms with Gasteiger partial charge < -0.3 is 9.47 Å². The third kappa shape index (κ3) is 2.33. The molecule has 1 aromatic carbocycles. The van der Waals surface area contributed by atoms with Crippen molar-refractivity contribution in [2.24, 2.45) is 0 Å². The van der Waals surface area contributed by atoms with E-state index in [1.807, 2.05) is 0 Å². The van der Waals surface area contributed by atoms with Crippen molar-refractivity contribution in [2.75, 3.05) is 7.11 Å². The molecule has 0 radical (unpaired) electrons. The summed E-state index contributed by atoms with van der Waals surface area (Å²) >= 11 is 0. The number of methoxy groups -OCH3 is 1. The average Bonchev–Trinajstić information content (AvgIpc) is 2.21. The monoisotopic (exact) mass is 230 g/mol. The number of Topliss-reactive ketones (excluding diaryl/α,β-unsaturated/α-hetero) is 1. The lowest BCUT2D eigenvalue weighted by Crippen LogP contribution is -2.11. The van der Waals surface area contributed by atoms with E-state index in [0.29, 0.717) is 0 Å². The quantitative estimate of drug-likeness (QED) is 0.444. The SMILES string of the molecule is COC(=O)Oc1ccc(F)c(C(C)=O)c1F. The van der Waals surface area contributed by atoms with Gasteiger partial charge in [-0.2, -0.15) is 0 Å². The molecule has 86 valence electrons. The molecule has 0 saturated heterocycles. The second kappa shape index (κ2) is 4.69. The van der Waals surface area contributed by atoms with E-state index in [1.165, 1.54) is 0 Å². The summed E-state index contributed by atoms with van der Waals surface area (Å²) in [6.07, 6.45) is -1.15. The van der Waals surface area contributed by atoms with Crippen LogP contribution < -0.4 is 4.74 Å². The van der Waals surface area contributed by atoms with Crippen molar-refractivity contribution in [3.63, 3.8) is 0 Å². The van der Waals surface area contributed by atoms with Gasteiger partial charge in [-0.1, -0.05) is 0 Å². The summed E-state index contributed by atoms with van der Waals surface area (Å²) in [4.78, 5) is 21.7. The van der Waals surface area contributed by atoms with E-state index in [4.69, 9.17) is 0 Å². The van der Waals surface area contributed by atoms with Crippen LogP contribution in [0.5, 0.6) is 5.75 Å². The molecule has 0 saturated carbocycles. The topological polar surface area (TPSA) is 52.6 Å². The molecular formula is C10H8F2O4. The Bertz CT molecular complexity index is 443. The Balaban J connectivity index is 3.18. The highest BCUT2D eigenvalue weighted by Crippen LogP contribution is 2.23. The smallest absolute Gasteiger partial charge is 0.437 e. The second-order valence-electron chi connectivity index (χ2n) is 2.85. The molecule has 0 aromatic heterocycles.